The number of carbonyl (C=O) groups is 5. The lowest BCUT2D eigenvalue weighted by Gasteiger charge is -2.14. The Morgan fingerprint density at radius 3 is 1.04 bits per heavy atom. The van der Waals surface area contributed by atoms with Crippen LogP contribution in [0.3, 0.4) is 0 Å². The van der Waals surface area contributed by atoms with Crippen LogP contribution in [0.5, 0.6) is 69.1 Å². The minimum atomic E-state index is 0.0958. The normalized spacial score (nSPS) is 10.2. The Labute approximate surface area is 743 Å². The second-order valence-corrected chi connectivity index (χ2v) is 27.4. The van der Waals surface area contributed by atoms with Crippen LogP contribution >= 0.6 is 0 Å². The van der Waals surface area contributed by atoms with Crippen molar-refractivity contribution in [2.45, 2.75) is 33.0 Å². The summed E-state index contributed by atoms with van der Waals surface area (Å²) in [6.07, 6.45) is 22.8. The first-order chi connectivity index (χ1) is 63.0. The third kappa shape index (κ3) is 24.0. The van der Waals surface area contributed by atoms with E-state index in [0.717, 1.165) is 63.5 Å². The zero-order valence-corrected chi connectivity index (χ0v) is 70.0. The van der Waals surface area contributed by atoms with Gasteiger partial charge >= 0.3 is 0 Å². The van der Waals surface area contributed by atoms with Gasteiger partial charge in [-0.1, -0.05) is 148 Å². The summed E-state index contributed by atoms with van der Waals surface area (Å²) in [6, 6.07) is 66.6. The molecule has 0 aliphatic heterocycles. The Bertz CT molecular complexity index is 6020. The molecule has 0 unspecified atom stereocenters. The summed E-state index contributed by atoms with van der Waals surface area (Å²) in [7, 11) is 3.08. The van der Waals surface area contributed by atoms with Crippen molar-refractivity contribution in [2.24, 2.45) is 0 Å². The Hall–Kier alpha value is -17.6. The number of aldehydes is 5. The molecule has 0 radical (unpaired) electrons. The summed E-state index contributed by atoms with van der Waals surface area (Å²) >= 11 is 0. The predicted molar refractivity (Wildman–Crippen MR) is 494 cm³/mol. The molecule has 7 aromatic carbocycles. The van der Waals surface area contributed by atoms with E-state index >= 15 is 0 Å². The van der Waals surface area contributed by atoms with Crippen LogP contribution < -0.4 is 33.2 Å². The van der Waals surface area contributed by atoms with E-state index < -0.39 is 0 Å². The molecule has 25 heteroatoms. The molecule has 0 aliphatic carbocycles. The summed E-state index contributed by atoms with van der Waals surface area (Å²) in [6.45, 7) is 19.7. The van der Waals surface area contributed by atoms with Gasteiger partial charge in [-0.25, -0.2) is 9.97 Å². The average molecular weight is 1720 g/mol. The molecule has 0 saturated heterocycles. The quantitative estimate of drug-likeness (QED) is 0.0244. The molecule has 15 aromatic rings. The van der Waals surface area contributed by atoms with Crippen molar-refractivity contribution in [2.75, 3.05) is 14.2 Å². The zero-order valence-electron chi connectivity index (χ0n) is 70.0. The minimum Gasteiger partial charge on any atom is -0.507 e. The molecule has 15 rings (SSSR count). The van der Waals surface area contributed by atoms with Crippen LogP contribution in [0.15, 0.2) is 307 Å². The fourth-order valence-corrected chi connectivity index (χ4v) is 13.0. The van der Waals surface area contributed by atoms with Crippen LogP contribution in [0.25, 0.3) is 86.8 Å². The molecular weight excluding hydrogens is 1630 g/mol. The van der Waals surface area contributed by atoms with Crippen LogP contribution in [0.1, 0.15) is 108 Å². The number of nitrogens with zero attached hydrogens (tertiary/aromatic N) is 8. The number of ether oxygens (including phenoxy) is 7. The first kappa shape index (κ1) is 92.1. The molecule has 8 heterocycles. The van der Waals surface area contributed by atoms with E-state index in [0.29, 0.717) is 148 Å². The summed E-state index contributed by atoms with van der Waals surface area (Å²) in [5.41, 5.74) is 16.0. The van der Waals surface area contributed by atoms with Gasteiger partial charge in [0.05, 0.1) is 81.8 Å². The number of phenols is 5. The topological polar surface area (TPSA) is 354 Å². The largest absolute Gasteiger partial charge is 0.507 e. The number of pyridine rings is 8. The number of hydrogen-bond donors (Lipinski definition) is 5. The van der Waals surface area contributed by atoms with Crippen molar-refractivity contribution in [1.29, 1.82) is 0 Å². The van der Waals surface area contributed by atoms with Gasteiger partial charge in [-0.2, -0.15) is 0 Å². The van der Waals surface area contributed by atoms with Crippen molar-refractivity contribution in [3.63, 3.8) is 0 Å². The minimum absolute atomic E-state index is 0.0958. The smallest absolute Gasteiger partial charge is 0.222 e. The van der Waals surface area contributed by atoms with Crippen LogP contribution in [0.4, 0.5) is 0 Å². The SMILES string of the molecule is C=Cc1c(O)cccc1OCc1cccnc1-c1cc(C=O)ccc1OC.C=Cc1c(O)cccc1OCc1cccnc1-c1cc(C=O)cnc1OC.C=Cc1c(O)cccc1OCc1cccnc1-c1cccc(C=O)c1.C=Cc1c(O)cccc1OCc1cccnc1-c1cccc(C=O)n1.C=Cc1c(O)cccc1OCc1cccnc1-c1ccnc(C=O)c1. The van der Waals surface area contributed by atoms with E-state index in [2.05, 4.69) is 72.8 Å². The summed E-state index contributed by atoms with van der Waals surface area (Å²) in [5.74, 6) is 4.17. The maximum Gasteiger partial charge on any atom is 0.222 e. The van der Waals surface area contributed by atoms with Gasteiger partial charge in [-0.3, -0.25) is 53.9 Å². The van der Waals surface area contributed by atoms with E-state index in [-0.39, 0.29) is 61.8 Å². The Morgan fingerprint density at radius 2 is 0.643 bits per heavy atom. The molecule has 8 aromatic heterocycles. The monoisotopic (exact) mass is 1720 g/mol. The maximum atomic E-state index is 11.2. The summed E-state index contributed by atoms with van der Waals surface area (Å²) in [4.78, 5) is 89.7. The summed E-state index contributed by atoms with van der Waals surface area (Å²) in [5, 5.41) is 49.5. The number of carbonyl (C=O) groups excluding carboxylic acids is 5. The second-order valence-electron chi connectivity index (χ2n) is 27.4. The Kier molecular flexibility index (Phi) is 33.3. The molecule has 644 valence electrons. The van der Waals surface area contributed by atoms with Crippen LogP contribution in [-0.2, 0) is 33.0 Å². The number of aromatic hydroxyl groups is 5. The number of benzene rings is 7. The molecule has 0 saturated carbocycles. The van der Waals surface area contributed by atoms with Gasteiger partial charge in [0.15, 0.2) is 18.9 Å². The van der Waals surface area contributed by atoms with Gasteiger partial charge in [0, 0.05) is 105 Å². The molecule has 129 heavy (non-hydrogen) atoms. The molecular formula is C104H86N8O17. The van der Waals surface area contributed by atoms with E-state index in [1.54, 1.807) is 232 Å². The molecule has 0 atom stereocenters. The third-order valence-electron chi connectivity index (χ3n) is 19.3. The van der Waals surface area contributed by atoms with Gasteiger partial charge in [0.25, 0.3) is 0 Å². The lowest BCUT2D eigenvalue weighted by molar-refractivity contribution is 0.111. The van der Waals surface area contributed by atoms with Crippen LogP contribution in [0.2, 0.25) is 0 Å². The van der Waals surface area contributed by atoms with Gasteiger partial charge in [-0.05, 0) is 146 Å². The van der Waals surface area contributed by atoms with Crippen molar-refractivity contribution in [3.05, 3.63) is 391 Å². The summed E-state index contributed by atoms with van der Waals surface area (Å²) < 4.78 is 40.1. The number of methoxy groups -OCH3 is 2. The molecule has 0 aliphatic rings. The highest BCUT2D eigenvalue weighted by Gasteiger charge is 2.21. The molecule has 0 spiro atoms. The van der Waals surface area contributed by atoms with Crippen molar-refractivity contribution >= 4 is 61.8 Å². The number of aromatic nitrogens is 8. The molecule has 0 fully saturated rings. The predicted octanol–water partition coefficient (Wildman–Crippen LogP) is 20.6. The van der Waals surface area contributed by atoms with Gasteiger partial charge in [0.1, 0.15) is 120 Å². The fourth-order valence-electron chi connectivity index (χ4n) is 13.0. The number of hydrogen-bond acceptors (Lipinski definition) is 25. The van der Waals surface area contributed by atoms with E-state index in [1.807, 2.05) is 66.7 Å². The van der Waals surface area contributed by atoms with E-state index in [4.69, 9.17) is 33.2 Å². The van der Waals surface area contributed by atoms with E-state index in [9.17, 15) is 49.5 Å². The van der Waals surface area contributed by atoms with Gasteiger partial charge in [0.2, 0.25) is 5.88 Å². The lowest BCUT2D eigenvalue weighted by Crippen LogP contribution is -2.02. The van der Waals surface area contributed by atoms with Crippen LogP contribution in [0, 0.1) is 0 Å². The standard InChI is InChI=1S/C22H19NO4.C21H18N2O4.C21H17NO3.2C20H16N2O3/c1-3-17-19(25)7-4-8-21(17)27-14-16-6-5-11-23-22(16)18-12-15(13-24)9-10-20(18)26-2;1-3-16-18(25)7-4-8-19(16)27-13-15-6-5-9-22-20(15)17-10-14(12-24)11-23-21(17)26-2;1-2-18-19(24)9-4-10-20(18)25-14-17-8-5-11-22-21(17)16-7-3-6-15(12-16)13-23;1-2-16-18(24)9-4-10-19(16)25-13-14-6-5-11-21-20(14)17-8-3-7-15(12-23)22-17;1-2-17-18(24)6-3-7-19(17)25-13-15-5-4-9-22-20(15)14-8-10-21-16(11-14)12-23/h3-13,25H,1,14H2,2H3;3-12,25H,1,13H2,2H3;2-13,24H,1,14H2;2*2-12,24H,1,13H2. The first-order valence-corrected chi connectivity index (χ1v) is 39.6. The van der Waals surface area contributed by atoms with E-state index in [1.165, 1.54) is 19.4 Å². The molecule has 25 nitrogen and oxygen atoms in total. The highest BCUT2D eigenvalue weighted by atomic mass is 16.5. The second kappa shape index (κ2) is 46.6. The van der Waals surface area contributed by atoms with Crippen molar-refractivity contribution in [1.82, 2.24) is 39.9 Å². The maximum absolute atomic E-state index is 11.2. The Balaban J connectivity index is 0.000000156. The van der Waals surface area contributed by atoms with Gasteiger partial charge in [-0.15, -0.1) is 0 Å². The number of rotatable bonds is 32. The Morgan fingerprint density at radius 1 is 0.287 bits per heavy atom. The number of phenolic OH excluding ortho intramolecular Hbond substituents is 5. The van der Waals surface area contributed by atoms with Crippen LogP contribution in [-0.4, -0.2) is 111 Å². The van der Waals surface area contributed by atoms with Gasteiger partial charge < -0.3 is 58.7 Å². The molecule has 5 N–H and O–H groups in total. The highest BCUT2D eigenvalue weighted by Crippen LogP contribution is 2.39. The fraction of sp³-hybridized carbons (Fsp3) is 0.0673. The molecule has 0 bridgehead atoms. The molecule has 0 amide bonds. The average Bonchev–Trinajstić information content (AvgIpc) is 0.803. The van der Waals surface area contributed by atoms with Crippen molar-refractivity contribution < 1.29 is 82.7 Å². The third-order valence-corrected chi connectivity index (χ3v) is 19.3. The first-order valence-electron chi connectivity index (χ1n) is 39.6. The zero-order chi connectivity index (χ0) is 91.4. The van der Waals surface area contributed by atoms with Crippen molar-refractivity contribution in [3.8, 4) is 126 Å². The lowest BCUT2D eigenvalue weighted by atomic mass is 10.0. The highest BCUT2D eigenvalue weighted by molar-refractivity contribution is 5.83.